The third-order valence-electron chi connectivity index (χ3n) is 2.21. The average molecular weight is 213 g/mol. The molecule has 0 bridgehead atoms. The molecule has 1 aromatic carbocycles. The molecule has 6 N–H and O–H groups in total. The van der Waals surface area contributed by atoms with Gasteiger partial charge in [0.25, 0.3) is 0 Å². The molecule has 0 radical (unpaired) electrons. The highest BCUT2D eigenvalue weighted by Gasteiger charge is 2.27. The first-order chi connectivity index (χ1) is 6.83. The van der Waals surface area contributed by atoms with Crippen LogP contribution in [0.3, 0.4) is 0 Å². The lowest BCUT2D eigenvalue weighted by atomic mass is 9.93. The van der Waals surface area contributed by atoms with Gasteiger partial charge in [0.2, 0.25) is 0 Å². The van der Waals surface area contributed by atoms with Crippen molar-refractivity contribution in [3.8, 4) is 11.5 Å². The number of phenolic OH excluding ortho intramolecular Hbond substituents is 2. The summed E-state index contributed by atoms with van der Waals surface area (Å²) in [5.41, 5.74) is 5.06. The second kappa shape index (κ2) is 4.06. The first-order valence-electron chi connectivity index (χ1n) is 4.49. The molecule has 0 saturated carbocycles. The van der Waals surface area contributed by atoms with E-state index in [1.807, 2.05) is 0 Å². The minimum absolute atomic E-state index is 0.179. The molecule has 0 heterocycles. The van der Waals surface area contributed by atoms with Gasteiger partial charge in [0.05, 0.1) is 5.54 Å². The standard InChI is InChI=1S/C10H15NO4/c1-10(11,9(14)15)5-6-2-3-7(12)8(13)4-6/h2-4,9,12-15H,5,11H2,1H3. The van der Waals surface area contributed by atoms with Gasteiger partial charge in [-0.1, -0.05) is 6.07 Å². The number of aliphatic hydroxyl groups excluding tert-OH is 1. The van der Waals surface area contributed by atoms with Crippen molar-refractivity contribution < 1.29 is 20.4 Å². The summed E-state index contributed by atoms with van der Waals surface area (Å²) < 4.78 is 0. The molecule has 0 aliphatic carbocycles. The molecular formula is C10H15NO4. The monoisotopic (exact) mass is 213 g/mol. The van der Waals surface area contributed by atoms with Crippen molar-refractivity contribution in [1.29, 1.82) is 0 Å². The van der Waals surface area contributed by atoms with Crippen LogP contribution in [0.25, 0.3) is 0 Å². The number of nitrogens with two attached hydrogens (primary N) is 1. The third-order valence-corrected chi connectivity index (χ3v) is 2.21. The molecule has 0 aliphatic rings. The van der Waals surface area contributed by atoms with E-state index in [9.17, 15) is 5.11 Å². The van der Waals surface area contributed by atoms with Gasteiger partial charge in [-0.3, -0.25) is 0 Å². The summed E-state index contributed by atoms with van der Waals surface area (Å²) in [6, 6.07) is 4.22. The average Bonchev–Trinajstić information content (AvgIpc) is 2.10. The predicted octanol–water partition coefficient (Wildman–Crippen LogP) is -0.332. The predicted molar refractivity (Wildman–Crippen MR) is 54.3 cm³/mol. The summed E-state index contributed by atoms with van der Waals surface area (Å²) >= 11 is 0. The van der Waals surface area contributed by atoms with Gasteiger partial charge in [-0.05, 0) is 31.0 Å². The van der Waals surface area contributed by atoms with Gasteiger partial charge in [0, 0.05) is 0 Å². The van der Waals surface area contributed by atoms with E-state index in [1.54, 1.807) is 6.07 Å². The van der Waals surface area contributed by atoms with Crippen molar-refractivity contribution in [2.24, 2.45) is 5.73 Å². The Morgan fingerprint density at radius 1 is 1.27 bits per heavy atom. The van der Waals surface area contributed by atoms with E-state index < -0.39 is 11.8 Å². The van der Waals surface area contributed by atoms with Gasteiger partial charge in [-0.25, -0.2) is 0 Å². The summed E-state index contributed by atoms with van der Waals surface area (Å²) in [6.07, 6.45) is -1.47. The number of phenols is 2. The van der Waals surface area contributed by atoms with E-state index in [1.165, 1.54) is 19.1 Å². The molecule has 0 aromatic heterocycles. The Balaban J connectivity index is 2.86. The van der Waals surface area contributed by atoms with Crippen LogP contribution in [-0.2, 0) is 6.42 Å². The highest BCUT2D eigenvalue weighted by Crippen LogP contribution is 2.26. The van der Waals surface area contributed by atoms with Crippen molar-refractivity contribution in [3.05, 3.63) is 23.8 Å². The number of rotatable bonds is 3. The molecule has 0 aliphatic heterocycles. The molecule has 0 amide bonds. The molecule has 0 spiro atoms. The van der Waals surface area contributed by atoms with Crippen LogP contribution < -0.4 is 5.73 Å². The van der Waals surface area contributed by atoms with Gasteiger partial charge in [-0.15, -0.1) is 0 Å². The fourth-order valence-corrected chi connectivity index (χ4v) is 1.21. The lowest BCUT2D eigenvalue weighted by Gasteiger charge is -2.26. The largest absolute Gasteiger partial charge is 0.504 e. The van der Waals surface area contributed by atoms with Gasteiger partial charge in [0.15, 0.2) is 17.8 Å². The summed E-state index contributed by atoms with van der Waals surface area (Å²) in [6.45, 7) is 1.49. The maximum Gasteiger partial charge on any atom is 0.169 e. The lowest BCUT2D eigenvalue weighted by Crippen LogP contribution is -2.49. The normalized spacial score (nSPS) is 15.3. The fraction of sp³-hybridized carbons (Fsp3) is 0.400. The second-order valence-electron chi connectivity index (χ2n) is 3.88. The molecule has 1 atom stereocenters. The van der Waals surface area contributed by atoms with Gasteiger partial charge in [-0.2, -0.15) is 0 Å². The number of hydrogen-bond acceptors (Lipinski definition) is 5. The van der Waals surface area contributed by atoms with Crippen LogP contribution in [0.2, 0.25) is 0 Å². The fourth-order valence-electron chi connectivity index (χ4n) is 1.21. The van der Waals surface area contributed by atoms with Crippen molar-refractivity contribution in [2.45, 2.75) is 25.2 Å². The second-order valence-corrected chi connectivity index (χ2v) is 3.88. The summed E-state index contributed by atoms with van der Waals surface area (Å²) in [5, 5.41) is 36.3. The maximum absolute atomic E-state index is 9.22. The van der Waals surface area contributed by atoms with Gasteiger partial charge < -0.3 is 26.2 Å². The first-order valence-corrected chi connectivity index (χ1v) is 4.49. The molecule has 5 nitrogen and oxygen atoms in total. The number of aliphatic hydroxyl groups is 2. The Hall–Kier alpha value is -1.30. The lowest BCUT2D eigenvalue weighted by molar-refractivity contribution is -0.0903. The topological polar surface area (TPSA) is 107 Å². The molecule has 84 valence electrons. The Morgan fingerprint density at radius 3 is 2.33 bits per heavy atom. The van der Waals surface area contributed by atoms with Crippen molar-refractivity contribution in [1.82, 2.24) is 0 Å². The summed E-state index contributed by atoms with van der Waals surface area (Å²) in [7, 11) is 0. The maximum atomic E-state index is 9.22. The van der Waals surface area contributed by atoms with Crippen LogP contribution in [0.1, 0.15) is 12.5 Å². The van der Waals surface area contributed by atoms with Crippen LogP contribution in [0.5, 0.6) is 11.5 Å². The molecule has 15 heavy (non-hydrogen) atoms. The zero-order chi connectivity index (χ0) is 11.6. The quantitative estimate of drug-likeness (QED) is 0.349. The summed E-state index contributed by atoms with van der Waals surface area (Å²) in [5.74, 6) is -0.474. The molecule has 0 fully saturated rings. The third kappa shape index (κ3) is 2.82. The van der Waals surface area contributed by atoms with E-state index in [2.05, 4.69) is 0 Å². The zero-order valence-corrected chi connectivity index (χ0v) is 8.38. The van der Waals surface area contributed by atoms with Gasteiger partial charge >= 0.3 is 0 Å². The minimum atomic E-state index is -1.64. The van der Waals surface area contributed by atoms with E-state index in [-0.39, 0.29) is 17.9 Å². The number of hydrogen-bond donors (Lipinski definition) is 5. The van der Waals surface area contributed by atoms with Crippen LogP contribution >= 0.6 is 0 Å². The SMILES string of the molecule is CC(N)(Cc1ccc(O)c(O)c1)C(O)O. The first kappa shape index (κ1) is 11.8. The Kier molecular flexibility index (Phi) is 3.18. The summed E-state index contributed by atoms with van der Waals surface area (Å²) in [4.78, 5) is 0. The van der Waals surface area contributed by atoms with Crippen molar-refractivity contribution >= 4 is 0 Å². The molecule has 5 heteroatoms. The van der Waals surface area contributed by atoms with Crippen LogP contribution in [0.15, 0.2) is 18.2 Å². The molecule has 1 unspecified atom stereocenters. The highest BCUT2D eigenvalue weighted by molar-refractivity contribution is 5.41. The molecular weight excluding hydrogens is 198 g/mol. The van der Waals surface area contributed by atoms with Gasteiger partial charge in [0.1, 0.15) is 0 Å². The van der Waals surface area contributed by atoms with Crippen LogP contribution in [0.4, 0.5) is 0 Å². The molecule has 1 aromatic rings. The van der Waals surface area contributed by atoms with Crippen molar-refractivity contribution in [2.75, 3.05) is 0 Å². The zero-order valence-electron chi connectivity index (χ0n) is 8.38. The Bertz CT molecular complexity index is 349. The molecule has 0 saturated heterocycles. The van der Waals surface area contributed by atoms with E-state index in [4.69, 9.17) is 21.1 Å². The number of aromatic hydroxyl groups is 2. The Labute approximate surface area is 87.4 Å². The molecule has 1 rings (SSSR count). The highest BCUT2D eigenvalue weighted by atomic mass is 16.5. The smallest absolute Gasteiger partial charge is 0.169 e. The van der Waals surface area contributed by atoms with Crippen LogP contribution in [-0.4, -0.2) is 32.3 Å². The van der Waals surface area contributed by atoms with Crippen LogP contribution in [0, 0.1) is 0 Å². The number of benzene rings is 1. The van der Waals surface area contributed by atoms with E-state index in [0.717, 1.165) is 0 Å². The van der Waals surface area contributed by atoms with Crippen molar-refractivity contribution in [3.63, 3.8) is 0 Å². The van der Waals surface area contributed by atoms with E-state index in [0.29, 0.717) is 5.56 Å². The Morgan fingerprint density at radius 2 is 1.87 bits per heavy atom. The minimum Gasteiger partial charge on any atom is -0.504 e. The van der Waals surface area contributed by atoms with E-state index >= 15 is 0 Å².